The van der Waals surface area contributed by atoms with E-state index in [0.29, 0.717) is 42.8 Å². The van der Waals surface area contributed by atoms with E-state index in [9.17, 15) is 29.4 Å². The van der Waals surface area contributed by atoms with Gasteiger partial charge in [0.1, 0.15) is 34.0 Å². The van der Waals surface area contributed by atoms with Crippen molar-refractivity contribution in [1.29, 1.82) is 0 Å². The summed E-state index contributed by atoms with van der Waals surface area (Å²) in [6.45, 7) is 4.32. The third-order valence-electron chi connectivity index (χ3n) is 11.3. The largest absolute Gasteiger partial charge is 0.506 e. The standard InChI is InChI=1S/C31H40N6O3.2C11H8O3/c1-5-6-12-26-34-29-30(24-10-7-8-11-25(24)33-31(29)32)37(26)18-9-17-36(27(38)21-35(2)3)20-23-15-13-22(14-16-23)19-28(39)40-4;2*12-10-8-4-2-1-3-7(8)5-6-9(10)11(13)14/h7-8,10-11,13-16H,5-6,9,12,17-21H2,1-4H3,(H2,32,33);2*1-6,12H,(H,13,14). The summed E-state index contributed by atoms with van der Waals surface area (Å²) in [6, 6.07) is 36.2. The molecule has 0 radical (unpaired) electrons. The summed E-state index contributed by atoms with van der Waals surface area (Å²) in [4.78, 5) is 59.6. The lowest BCUT2D eigenvalue weighted by molar-refractivity contribution is -0.139. The number of rotatable bonds is 15. The molecule has 0 saturated carbocycles. The van der Waals surface area contributed by atoms with Gasteiger partial charge in [-0.15, -0.1) is 0 Å². The highest BCUT2D eigenvalue weighted by atomic mass is 16.5. The van der Waals surface area contributed by atoms with Gasteiger partial charge in [0.15, 0.2) is 5.82 Å². The Morgan fingerprint density at radius 3 is 1.78 bits per heavy atom. The summed E-state index contributed by atoms with van der Waals surface area (Å²) in [6.07, 6.45) is 3.96. The molecule has 2 aromatic heterocycles. The molecule has 15 nitrogen and oxygen atoms in total. The number of carboxylic acids is 2. The number of imidazole rings is 1. The first kappa shape index (κ1) is 49.4. The molecule has 0 aliphatic rings. The molecule has 8 rings (SSSR count). The van der Waals surface area contributed by atoms with Crippen molar-refractivity contribution in [2.45, 2.75) is 52.1 Å². The van der Waals surface area contributed by atoms with Crippen LogP contribution in [0.2, 0.25) is 0 Å². The molecule has 6 aromatic carbocycles. The van der Waals surface area contributed by atoms with Gasteiger partial charge in [0, 0.05) is 42.2 Å². The van der Waals surface area contributed by atoms with Crippen LogP contribution < -0.4 is 5.73 Å². The van der Waals surface area contributed by atoms with Gasteiger partial charge in [-0.25, -0.2) is 19.6 Å². The number of phenols is 2. The van der Waals surface area contributed by atoms with Gasteiger partial charge in [0.2, 0.25) is 5.91 Å². The minimum absolute atomic E-state index is 0.0660. The van der Waals surface area contributed by atoms with E-state index in [1.807, 2.05) is 90.6 Å². The molecule has 1 amide bonds. The topological polar surface area (TPSA) is 222 Å². The van der Waals surface area contributed by atoms with Crippen molar-refractivity contribution in [1.82, 2.24) is 24.3 Å². The van der Waals surface area contributed by atoms with Crippen LogP contribution in [0.25, 0.3) is 43.5 Å². The number of aromatic nitrogens is 3. The Kier molecular flexibility index (Phi) is 16.6. The Bertz CT molecular complexity index is 2980. The van der Waals surface area contributed by atoms with Gasteiger partial charge in [-0.2, -0.15) is 0 Å². The smallest absolute Gasteiger partial charge is 0.339 e. The Hall–Kier alpha value is -8.04. The normalized spacial score (nSPS) is 11.0. The molecule has 0 aliphatic heterocycles. The first-order valence-corrected chi connectivity index (χ1v) is 22.2. The second kappa shape index (κ2) is 22.9. The number of hydrogen-bond acceptors (Lipinski definition) is 11. The predicted molar refractivity (Wildman–Crippen MR) is 264 cm³/mol. The van der Waals surface area contributed by atoms with Crippen LogP contribution in [0.5, 0.6) is 11.5 Å². The number of unbranched alkanes of at least 4 members (excludes halogenated alkanes) is 1. The van der Waals surface area contributed by atoms with Crippen LogP contribution in [0.1, 0.15) is 63.9 Å². The number of esters is 1. The summed E-state index contributed by atoms with van der Waals surface area (Å²) >= 11 is 0. The first-order chi connectivity index (χ1) is 32.7. The summed E-state index contributed by atoms with van der Waals surface area (Å²) in [5, 5.41) is 40.6. The quantitative estimate of drug-likeness (QED) is 0.0608. The van der Waals surface area contributed by atoms with Crippen molar-refractivity contribution >= 4 is 73.1 Å². The number of ether oxygens (including phenoxy) is 1. The van der Waals surface area contributed by atoms with Crippen molar-refractivity contribution < 1.29 is 44.3 Å². The molecule has 8 aromatic rings. The second-order valence-corrected chi connectivity index (χ2v) is 16.4. The van der Waals surface area contributed by atoms with E-state index >= 15 is 0 Å². The van der Waals surface area contributed by atoms with Crippen LogP contribution in [-0.2, 0) is 40.3 Å². The molecule has 0 saturated heterocycles. The van der Waals surface area contributed by atoms with Gasteiger partial charge in [-0.05, 0) is 67.0 Å². The number of aryl methyl sites for hydroxylation is 2. The predicted octanol–water partition coefficient (Wildman–Crippen LogP) is 8.69. The molecule has 0 bridgehead atoms. The lowest BCUT2D eigenvalue weighted by Gasteiger charge is -2.25. The van der Waals surface area contributed by atoms with Gasteiger partial charge in [-0.3, -0.25) is 9.59 Å². The fourth-order valence-electron chi connectivity index (χ4n) is 7.83. The molecule has 68 heavy (non-hydrogen) atoms. The first-order valence-electron chi connectivity index (χ1n) is 22.2. The average Bonchev–Trinajstić information content (AvgIpc) is 3.70. The number of methoxy groups -OCH3 is 1. The number of pyridine rings is 1. The van der Waals surface area contributed by atoms with E-state index < -0.39 is 11.9 Å². The molecular weight excluding hydrogens is 865 g/mol. The molecule has 352 valence electrons. The summed E-state index contributed by atoms with van der Waals surface area (Å²) in [5.41, 5.74) is 10.7. The van der Waals surface area contributed by atoms with E-state index in [1.54, 1.807) is 36.4 Å². The molecular formula is C53H56N6O9. The van der Waals surface area contributed by atoms with Gasteiger partial charge in [-0.1, -0.05) is 116 Å². The van der Waals surface area contributed by atoms with Gasteiger partial charge >= 0.3 is 17.9 Å². The van der Waals surface area contributed by atoms with Crippen LogP contribution >= 0.6 is 0 Å². The number of nitrogen functional groups attached to an aromatic ring is 1. The van der Waals surface area contributed by atoms with Crippen LogP contribution in [-0.4, -0.2) is 103 Å². The SMILES string of the molecule is CCCCc1nc2c(N)nc3ccccc3c2n1CCCN(Cc1ccc(CC(=O)OC)cc1)C(=O)CN(C)C.O=C(O)c1ccc2ccccc2c1O.O=C(O)c1ccc2ccccc2c1O. The van der Waals surface area contributed by atoms with E-state index in [-0.39, 0.29) is 40.9 Å². The van der Waals surface area contributed by atoms with Gasteiger partial charge in [0.05, 0.1) is 31.1 Å². The van der Waals surface area contributed by atoms with E-state index in [4.69, 9.17) is 25.7 Å². The number of fused-ring (bicyclic) bond motifs is 5. The van der Waals surface area contributed by atoms with Crippen molar-refractivity contribution in [3.8, 4) is 11.5 Å². The van der Waals surface area contributed by atoms with E-state index in [0.717, 1.165) is 75.3 Å². The minimum atomic E-state index is -1.12. The van der Waals surface area contributed by atoms with Crippen LogP contribution in [0, 0.1) is 0 Å². The van der Waals surface area contributed by atoms with E-state index in [2.05, 4.69) is 22.5 Å². The summed E-state index contributed by atoms with van der Waals surface area (Å²) in [7, 11) is 5.19. The molecule has 0 spiro atoms. The Morgan fingerprint density at radius 2 is 1.24 bits per heavy atom. The molecule has 0 unspecified atom stereocenters. The Labute approximate surface area is 393 Å². The lowest BCUT2D eigenvalue weighted by atomic mass is 10.1. The van der Waals surface area contributed by atoms with Crippen molar-refractivity contribution in [2.75, 3.05) is 40.0 Å². The highest BCUT2D eigenvalue weighted by Crippen LogP contribution is 2.31. The van der Waals surface area contributed by atoms with Crippen LogP contribution in [0.4, 0.5) is 5.82 Å². The Morgan fingerprint density at radius 1 is 0.691 bits per heavy atom. The highest BCUT2D eigenvalue weighted by Gasteiger charge is 2.20. The zero-order valence-corrected chi connectivity index (χ0v) is 38.6. The monoisotopic (exact) mass is 920 g/mol. The fraction of sp³-hybridized carbons (Fsp3) is 0.245. The number of carbonyl (C=O) groups excluding carboxylic acids is 2. The Balaban J connectivity index is 0.000000218. The van der Waals surface area contributed by atoms with Crippen molar-refractivity contribution in [2.24, 2.45) is 0 Å². The number of amides is 1. The summed E-state index contributed by atoms with van der Waals surface area (Å²) < 4.78 is 7.05. The number of aromatic carboxylic acids is 2. The number of nitrogens with zero attached hydrogens (tertiary/aromatic N) is 5. The number of benzene rings is 6. The molecule has 0 fully saturated rings. The van der Waals surface area contributed by atoms with Crippen LogP contribution in [0.15, 0.2) is 121 Å². The zero-order chi connectivity index (χ0) is 48.9. The van der Waals surface area contributed by atoms with Gasteiger partial charge < -0.3 is 45.3 Å². The minimum Gasteiger partial charge on any atom is -0.506 e. The van der Waals surface area contributed by atoms with Crippen molar-refractivity contribution in [3.05, 3.63) is 149 Å². The number of carbonyl (C=O) groups is 4. The molecule has 0 aliphatic carbocycles. The fourth-order valence-corrected chi connectivity index (χ4v) is 7.83. The number of hydrogen-bond donors (Lipinski definition) is 5. The van der Waals surface area contributed by atoms with Crippen LogP contribution in [0.3, 0.4) is 0 Å². The van der Waals surface area contributed by atoms with E-state index in [1.165, 1.54) is 19.2 Å². The third-order valence-corrected chi connectivity index (χ3v) is 11.3. The number of anilines is 1. The molecule has 15 heteroatoms. The number of likely N-dealkylation sites (N-methyl/N-ethyl adjacent to an activating group) is 1. The maximum atomic E-state index is 13.2. The number of carboxylic acid groups (broad SMARTS) is 2. The second-order valence-electron chi connectivity index (χ2n) is 16.4. The third kappa shape index (κ3) is 12.0. The summed E-state index contributed by atoms with van der Waals surface area (Å²) in [5.74, 6) is -1.32. The molecule has 2 heterocycles. The highest BCUT2D eigenvalue weighted by molar-refractivity contribution is 6.06. The zero-order valence-electron chi connectivity index (χ0n) is 38.6. The maximum absolute atomic E-state index is 13.2. The average molecular weight is 921 g/mol. The lowest BCUT2D eigenvalue weighted by Crippen LogP contribution is -2.38. The number of nitrogens with two attached hydrogens (primary N) is 1. The van der Waals surface area contributed by atoms with Gasteiger partial charge in [0.25, 0.3) is 0 Å². The maximum Gasteiger partial charge on any atom is 0.339 e. The van der Waals surface area contributed by atoms with Crippen molar-refractivity contribution in [3.63, 3.8) is 0 Å². The molecule has 0 atom stereocenters. The number of aromatic hydroxyl groups is 2. The number of para-hydroxylation sites is 1. The molecule has 6 N–H and O–H groups in total.